The number of rotatable bonds is 3. The number of allylic oxidation sites excluding steroid dienone is 1. The highest BCUT2D eigenvalue weighted by atomic mass is 14.4. The summed E-state index contributed by atoms with van der Waals surface area (Å²) in [7, 11) is 0. The van der Waals surface area contributed by atoms with Gasteiger partial charge in [-0.1, -0.05) is 71.4 Å². The van der Waals surface area contributed by atoms with Crippen LogP contribution in [0.1, 0.15) is 85.5 Å². The average Bonchev–Trinajstić information content (AvgIpc) is 2.49. The fourth-order valence-corrected chi connectivity index (χ4v) is 4.43. The van der Waals surface area contributed by atoms with E-state index in [-0.39, 0.29) is 0 Å². The first-order valence-corrected chi connectivity index (χ1v) is 8.87. The number of hydrogen-bond acceptors (Lipinski definition) is 0. The Balaban J connectivity index is 0.000000861. The van der Waals surface area contributed by atoms with Gasteiger partial charge in [0.1, 0.15) is 0 Å². The molecule has 0 spiro atoms. The van der Waals surface area contributed by atoms with Crippen molar-refractivity contribution in [2.24, 2.45) is 23.7 Å². The molecule has 0 bridgehead atoms. The molecular weight excluding hydrogens is 228 g/mol. The monoisotopic (exact) mass is 264 g/mol. The highest BCUT2D eigenvalue weighted by Gasteiger charge is 2.33. The molecule has 112 valence electrons. The average molecular weight is 264 g/mol. The summed E-state index contributed by atoms with van der Waals surface area (Å²) < 4.78 is 0. The van der Waals surface area contributed by atoms with E-state index in [0.717, 1.165) is 23.7 Å². The van der Waals surface area contributed by atoms with Gasteiger partial charge in [-0.3, -0.25) is 0 Å². The topological polar surface area (TPSA) is 0 Å². The van der Waals surface area contributed by atoms with Gasteiger partial charge in [0, 0.05) is 0 Å². The Hall–Kier alpha value is -0.260. The zero-order chi connectivity index (χ0) is 14.3. The van der Waals surface area contributed by atoms with E-state index in [1.807, 2.05) is 13.8 Å². The largest absolute Gasteiger partial charge is 0.0999 e. The van der Waals surface area contributed by atoms with Gasteiger partial charge in [0.25, 0.3) is 0 Å². The summed E-state index contributed by atoms with van der Waals surface area (Å²) in [6, 6.07) is 0. The lowest BCUT2D eigenvalue weighted by Crippen LogP contribution is -2.30. The van der Waals surface area contributed by atoms with Crippen LogP contribution in [0.25, 0.3) is 0 Å². The summed E-state index contributed by atoms with van der Waals surface area (Å²) in [6.45, 7) is 12.8. The third kappa shape index (κ3) is 4.65. The molecule has 3 unspecified atom stereocenters. The van der Waals surface area contributed by atoms with E-state index in [1.54, 1.807) is 0 Å². The molecule has 0 aromatic carbocycles. The van der Waals surface area contributed by atoms with Crippen LogP contribution in [0.5, 0.6) is 0 Å². The minimum Gasteiger partial charge on any atom is -0.0999 e. The van der Waals surface area contributed by atoms with Gasteiger partial charge in [-0.05, 0) is 49.9 Å². The van der Waals surface area contributed by atoms with E-state index in [2.05, 4.69) is 20.4 Å². The molecule has 2 rings (SSSR count). The van der Waals surface area contributed by atoms with Crippen LogP contribution in [0.3, 0.4) is 0 Å². The van der Waals surface area contributed by atoms with E-state index >= 15 is 0 Å². The first-order chi connectivity index (χ1) is 9.22. The lowest BCUT2D eigenvalue weighted by atomic mass is 9.65. The molecule has 0 heteroatoms. The molecule has 0 radical (unpaired) electrons. The smallest absolute Gasteiger partial charge is 0.0180 e. The molecule has 0 aliphatic heterocycles. The minimum absolute atomic E-state index is 0.833. The second-order valence-electron chi connectivity index (χ2n) is 6.59. The van der Waals surface area contributed by atoms with E-state index < -0.39 is 0 Å². The van der Waals surface area contributed by atoms with Gasteiger partial charge in [-0.2, -0.15) is 0 Å². The zero-order valence-corrected chi connectivity index (χ0v) is 13.9. The van der Waals surface area contributed by atoms with Crippen LogP contribution in [0.15, 0.2) is 12.2 Å². The molecule has 19 heavy (non-hydrogen) atoms. The van der Waals surface area contributed by atoms with Gasteiger partial charge in [0.05, 0.1) is 0 Å². The Kier molecular flexibility index (Phi) is 7.80. The molecule has 0 N–H and O–H groups in total. The quantitative estimate of drug-likeness (QED) is 0.503. The van der Waals surface area contributed by atoms with Crippen molar-refractivity contribution in [2.45, 2.75) is 85.5 Å². The molecule has 2 aliphatic rings. The van der Waals surface area contributed by atoms with Crippen LogP contribution in [0.2, 0.25) is 0 Å². The minimum atomic E-state index is 0.833. The maximum Gasteiger partial charge on any atom is -0.0180 e. The van der Waals surface area contributed by atoms with Gasteiger partial charge in [-0.15, -0.1) is 0 Å². The summed E-state index contributed by atoms with van der Waals surface area (Å²) in [4.78, 5) is 0. The number of hydrogen-bond donors (Lipinski definition) is 0. The van der Waals surface area contributed by atoms with Crippen molar-refractivity contribution in [3.8, 4) is 0 Å². The first-order valence-electron chi connectivity index (χ1n) is 8.87. The third-order valence-corrected chi connectivity index (χ3v) is 5.50. The van der Waals surface area contributed by atoms with Crippen molar-refractivity contribution < 1.29 is 0 Å². The predicted molar refractivity (Wildman–Crippen MR) is 87.3 cm³/mol. The lowest BCUT2D eigenvalue weighted by Gasteiger charge is -2.41. The van der Waals surface area contributed by atoms with E-state index in [0.29, 0.717) is 0 Å². The van der Waals surface area contributed by atoms with Crippen molar-refractivity contribution in [3.05, 3.63) is 12.2 Å². The Bertz CT molecular complexity index is 247. The Morgan fingerprint density at radius 3 is 2.11 bits per heavy atom. The van der Waals surface area contributed by atoms with Crippen LogP contribution in [0, 0.1) is 23.7 Å². The van der Waals surface area contributed by atoms with E-state index in [9.17, 15) is 0 Å². The Morgan fingerprint density at radius 1 is 0.947 bits per heavy atom. The van der Waals surface area contributed by atoms with Crippen molar-refractivity contribution in [1.82, 2.24) is 0 Å². The van der Waals surface area contributed by atoms with Crippen LogP contribution in [0.4, 0.5) is 0 Å². The van der Waals surface area contributed by atoms with Crippen molar-refractivity contribution >= 4 is 0 Å². The summed E-state index contributed by atoms with van der Waals surface area (Å²) in [5.41, 5.74) is 1.44. The molecular formula is C19H36. The van der Waals surface area contributed by atoms with Gasteiger partial charge >= 0.3 is 0 Å². The van der Waals surface area contributed by atoms with Crippen LogP contribution < -0.4 is 0 Å². The second-order valence-corrected chi connectivity index (χ2v) is 6.59. The summed E-state index contributed by atoms with van der Waals surface area (Å²) in [6.07, 6.45) is 13.3. The van der Waals surface area contributed by atoms with Crippen LogP contribution in [-0.4, -0.2) is 0 Å². The van der Waals surface area contributed by atoms with Crippen molar-refractivity contribution in [3.63, 3.8) is 0 Å². The SMILES string of the molecule is C=C(C)C1CCC(C2CCCCC2)CC1CC.CC. The van der Waals surface area contributed by atoms with Gasteiger partial charge in [-0.25, -0.2) is 0 Å². The maximum absolute atomic E-state index is 4.21. The van der Waals surface area contributed by atoms with Crippen molar-refractivity contribution in [2.75, 3.05) is 0 Å². The lowest BCUT2D eigenvalue weighted by molar-refractivity contribution is 0.126. The van der Waals surface area contributed by atoms with Crippen LogP contribution >= 0.6 is 0 Å². The molecule has 0 nitrogen and oxygen atoms in total. The third-order valence-electron chi connectivity index (χ3n) is 5.50. The van der Waals surface area contributed by atoms with Crippen molar-refractivity contribution in [1.29, 1.82) is 0 Å². The maximum atomic E-state index is 4.21. The van der Waals surface area contributed by atoms with Gasteiger partial charge in [0.15, 0.2) is 0 Å². The molecule has 2 aliphatic carbocycles. The highest BCUT2D eigenvalue weighted by Crippen LogP contribution is 2.45. The van der Waals surface area contributed by atoms with E-state index in [1.165, 1.54) is 63.4 Å². The molecule has 0 aromatic rings. The fourth-order valence-electron chi connectivity index (χ4n) is 4.43. The Labute approximate surface area is 122 Å². The molecule has 3 atom stereocenters. The summed E-state index contributed by atoms with van der Waals surface area (Å²) in [5, 5.41) is 0. The molecule has 2 fully saturated rings. The summed E-state index contributed by atoms with van der Waals surface area (Å²) >= 11 is 0. The molecule has 0 heterocycles. The predicted octanol–water partition coefficient (Wildman–Crippen LogP) is 6.61. The molecule has 0 aromatic heterocycles. The van der Waals surface area contributed by atoms with E-state index in [4.69, 9.17) is 0 Å². The van der Waals surface area contributed by atoms with Gasteiger partial charge in [0.2, 0.25) is 0 Å². The Morgan fingerprint density at radius 2 is 1.58 bits per heavy atom. The molecule has 2 saturated carbocycles. The second kappa shape index (κ2) is 8.82. The van der Waals surface area contributed by atoms with Crippen LogP contribution in [-0.2, 0) is 0 Å². The standard InChI is InChI=1S/C17H30.C2H6/c1-4-14-12-16(10-11-17(14)13(2)3)15-8-6-5-7-9-15;1-2/h14-17H,2,4-12H2,1,3H3;1-2H3. The normalized spacial score (nSPS) is 32.3. The first kappa shape index (κ1) is 16.8. The molecule has 0 amide bonds. The molecule has 0 saturated heterocycles. The fraction of sp³-hybridized carbons (Fsp3) is 0.895. The zero-order valence-electron chi connectivity index (χ0n) is 13.9. The van der Waals surface area contributed by atoms with Gasteiger partial charge < -0.3 is 0 Å². The summed E-state index contributed by atoms with van der Waals surface area (Å²) in [5.74, 6) is 3.90. The highest BCUT2D eigenvalue weighted by molar-refractivity contribution is 5.01.